The van der Waals surface area contributed by atoms with Crippen LogP contribution in [0.15, 0.2) is 48.5 Å². The van der Waals surface area contributed by atoms with Gasteiger partial charge in [-0.1, -0.05) is 23.7 Å². The summed E-state index contributed by atoms with van der Waals surface area (Å²) in [5, 5.41) is 12.2. The van der Waals surface area contributed by atoms with Crippen LogP contribution in [0.5, 0.6) is 5.75 Å². The summed E-state index contributed by atoms with van der Waals surface area (Å²) in [6, 6.07) is 15.8. The molecule has 0 saturated carbocycles. The van der Waals surface area contributed by atoms with Crippen LogP contribution >= 0.6 is 11.6 Å². The van der Waals surface area contributed by atoms with Gasteiger partial charge in [0, 0.05) is 5.02 Å². The number of halogens is 1. The summed E-state index contributed by atoms with van der Waals surface area (Å²) in [5.41, 5.74) is 1.48. The summed E-state index contributed by atoms with van der Waals surface area (Å²) in [7, 11) is 0. The van der Waals surface area contributed by atoms with Crippen molar-refractivity contribution in [2.24, 2.45) is 0 Å². The summed E-state index contributed by atoms with van der Waals surface area (Å²) >= 11 is 5.93. The first-order valence-corrected chi connectivity index (χ1v) is 7.14. The highest BCUT2D eigenvalue weighted by Gasteiger charge is 2.10. The molecule has 0 aliphatic heterocycles. The summed E-state index contributed by atoms with van der Waals surface area (Å²) in [5.74, 6) is 0.321. The summed E-state index contributed by atoms with van der Waals surface area (Å²) in [4.78, 5) is 11.9. The van der Waals surface area contributed by atoms with Gasteiger partial charge in [0.15, 0.2) is 6.61 Å². The van der Waals surface area contributed by atoms with E-state index in [1.807, 2.05) is 31.2 Å². The maximum Gasteiger partial charge on any atom is 0.258 e. The Hall–Kier alpha value is -2.51. The molecule has 0 heterocycles. The van der Waals surface area contributed by atoms with Crippen LogP contribution in [0.4, 0.5) is 0 Å². The van der Waals surface area contributed by atoms with Gasteiger partial charge in [0.1, 0.15) is 5.75 Å². The fourth-order valence-corrected chi connectivity index (χ4v) is 2.12. The molecule has 1 unspecified atom stereocenters. The summed E-state index contributed by atoms with van der Waals surface area (Å²) in [6.07, 6.45) is 0. The fraction of sp³-hybridized carbons (Fsp3) is 0.176. The Balaban J connectivity index is 1.86. The molecule has 1 atom stereocenters. The van der Waals surface area contributed by atoms with Crippen LogP contribution in [-0.4, -0.2) is 12.5 Å². The van der Waals surface area contributed by atoms with E-state index in [0.29, 0.717) is 16.3 Å². The molecular formula is C17H15ClN2O2. The van der Waals surface area contributed by atoms with E-state index < -0.39 is 0 Å². The van der Waals surface area contributed by atoms with Crippen molar-refractivity contribution in [3.8, 4) is 11.8 Å². The van der Waals surface area contributed by atoms with E-state index in [2.05, 4.69) is 5.32 Å². The average Bonchev–Trinajstić information content (AvgIpc) is 2.53. The van der Waals surface area contributed by atoms with E-state index in [9.17, 15) is 4.79 Å². The molecule has 1 N–H and O–H groups in total. The highest BCUT2D eigenvalue weighted by atomic mass is 35.5. The molecular weight excluding hydrogens is 300 g/mol. The minimum atomic E-state index is -0.225. The standard InChI is InChI=1S/C17H15ClN2O2/c1-12(14-3-2-4-15(18)9-14)20-17(21)11-22-16-7-5-13(10-19)6-8-16/h2-9,12H,11H2,1H3,(H,20,21). The molecule has 0 bridgehead atoms. The van der Waals surface area contributed by atoms with E-state index in [0.717, 1.165) is 5.56 Å². The Morgan fingerprint density at radius 3 is 2.68 bits per heavy atom. The lowest BCUT2D eigenvalue weighted by Gasteiger charge is -2.15. The average molecular weight is 315 g/mol. The monoisotopic (exact) mass is 314 g/mol. The Morgan fingerprint density at radius 2 is 2.05 bits per heavy atom. The van der Waals surface area contributed by atoms with Crippen molar-refractivity contribution < 1.29 is 9.53 Å². The third kappa shape index (κ3) is 4.51. The van der Waals surface area contributed by atoms with Gasteiger partial charge in [-0.15, -0.1) is 0 Å². The SMILES string of the molecule is CC(NC(=O)COc1ccc(C#N)cc1)c1cccc(Cl)c1. The zero-order valence-electron chi connectivity index (χ0n) is 12.0. The lowest BCUT2D eigenvalue weighted by Crippen LogP contribution is -2.31. The lowest BCUT2D eigenvalue weighted by atomic mass is 10.1. The number of nitrogens with one attached hydrogen (secondary N) is 1. The highest BCUT2D eigenvalue weighted by Crippen LogP contribution is 2.17. The van der Waals surface area contributed by atoms with Crippen molar-refractivity contribution >= 4 is 17.5 Å². The van der Waals surface area contributed by atoms with E-state index in [1.54, 1.807) is 30.3 Å². The number of ether oxygens (including phenoxy) is 1. The first-order chi connectivity index (χ1) is 10.6. The van der Waals surface area contributed by atoms with Gasteiger partial charge in [0.25, 0.3) is 5.91 Å². The van der Waals surface area contributed by atoms with Crippen molar-refractivity contribution in [2.75, 3.05) is 6.61 Å². The van der Waals surface area contributed by atoms with Crippen molar-refractivity contribution in [2.45, 2.75) is 13.0 Å². The van der Waals surface area contributed by atoms with Gasteiger partial charge in [0.05, 0.1) is 17.7 Å². The Bertz CT molecular complexity index is 693. The molecule has 2 rings (SSSR count). The van der Waals surface area contributed by atoms with E-state index in [-0.39, 0.29) is 18.6 Å². The summed E-state index contributed by atoms with van der Waals surface area (Å²) < 4.78 is 5.38. The van der Waals surface area contributed by atoms with E-state index in [4.69, 9.17) is 21.6 Å². The minimum absolute atomic E-state index is 0.0865. The molecule has 5 heteroatoms. The third-order valence-corrected chi connectivity index (χ3v) is 3.31. The van der Waals surface area contributed by atoms with Gasteiger partial charge < -0.3 is 10.1 Å². The molecule has 0 fully saturated rings. The molecule has 2 aromatic carbocycles. The molecule has 0 saturated heterocycles. The normalized spacial score (nSPS) is 11.3. The van der Waals surface area contributed by atoms with Crippen molar-refractivity contribution in [3.05, 3.63) is 64.7 Å². The molecule has 112 valence electrons. The number of carbonyl (C=O) groups excluding carboxylic acids is 1. The van der Waals surface area contributed by atoms with Crippen LogP contribution in [0.2, 0.25) is 5.02 Å². The first-order valence-electron chi connectivity index (χ1n) is 6.76. The van der Waals surface area contributed by atoms with E-state index in [1.165, 1.54) is 0 Å². The molecule has 0 aromatic heterocycles. The van der Waals surface area contributed by atoms with Crippen LogP contribution in [0.25, 0.3) is 0 Å². The summed E-state index contributed by atoms with van der Waals surface area (Å²) in [6.45, 7) is 1.79. The zero-order chi connectivity index (χ0) is 15.9. The topological polar surface area (TPSA) is 62.1 Å². The second kappa shape index (κ2) is 7.48. The van der Waals surface area contributed by atoms with Gasteiger partial charge in [-0.05, 0) is 48.9 Å². The number of hydrogen-bond acceptors (Lipinski definition) is 3. The number of rotatable bonds is 5. The first kappa shape index (κ1) is 15.9. The van der Waals surface area contributed by atoms with Crippen LogP contribution in [0.1, 0.15) is 24.1 Å². The van der Waals surface area contributed by atoms with Crippen molar-refractivity contribution in [1.82, 2.24) is 5.32 Å². The largest absolute Gasteiger partial charge is 0.484 e. The number of amides is 1. The second-order valence-corrected chi connectivity index (χ2v) is 5.21. The zero-order valence-corrected chi connectivity index (χ0v) is 12.8. The molecule has 0 aliphatic carbocycles. The van der Waals surface area contributed by atoms with Gasteiger partial charge in [-0.2, -0.15) is 5.26 Å². The minimum Gasteiger partial charge on any atom is -0.484 e. The van der Waals surface area contributed by atoms with Gasteiger partial charge in [0.2, 0.25) is 0 Å². The maximum absolute atomic E-state index is 11.9. The number of carbonyl (C=O) groups is 1. The Labute approximate surface area is 134 Å². The molecule has 0 radical (unpaired) electrons. The quantitative estimate of drug-likeness (QED) is 0.919. The molecule has 1 amide bonds. The number of benzene rings is 2. The molecule has 4 nitrogen and oxygen atoms in total. The maximum atomic E-state index is 11.9. The van der Waals surface area contributed by atoms with Crippen molar-refractivity contribution in [1.29, 1.82) is 5.26 Å². The van der Waals surface area contributed by atoms with Gasteiger partial charge in [-0.3, -0.25) is 4.79 Å². The molecule has 22 heavy (non-hydrogen) atoms. The van der Waals surface area contributed by atoms with Crippen LogP contribution < -0.4 is 10.1 Å². The third-order valence-electron chi connectivity index (χ3n) is 3.08. The molecule has 0 aliphatic rings. The smallest absolute Gasteiger partial charge is 0.258 e. The Morgan fingerprint density at radius 1 is 1.32 bits per heavy atom. The van der Waals surface area contributed by atoms with Crippen LogP contribution in [0, 0.1) is 11.3 Å². The highest BCUT2D eigenvalue weighted by molar-refractivity contribution is 6.30. The molecule has 2 aromatic rings. The lowest BCUT2D eigenvalue weighted by molar-refractivity contribution is -0.123. The van der Waals surface area contributed by atoms with Gasteiger partial charge >= 0.3 is 0 Å². The number of nitriles is 1. The van der Waals surface area contributed by atoms with Crippen molar-refractivity contribution in [3.63, 3.8) is 0 Å². The fourth-order valence-electron chi connectivity index (χ4n) is 1.92. The van der Waals surface area contributed by atoms with Crippen LogP contribution in [-0.2, 0) is 4.79 Å². The predicted molar refractivity (Wildman–Crippen MR) is 84.7 cm³/mol. The van der Waals surface area contributed by atoms with Gasteiger partial charge in [-0.25, -0.2) is 0 Å². The second-order valence-electron chi connectivity index (χ2n) is 4.77. The van der Waals surface area contributed by atoms with E-state index >= 15 is 0 Å². The Kier molecular flexibility index (Phi) is 5.40. The number of hydrogen-bond donors (Lipinski definition) is 1. The number of nitrogens with zero attached hydrogens (tertiary/aromatic N) is 1. The predicted octanol–water partition coefficient (Wildman–Crippen LogP) is 3.47. The molecule has 0 spiro atoms. The van der Waals surface area contributed by atoms with Crippen LogP contribution in [0.3, 0.4) is 0 Å².